The Morgan fingerprint density at radius 1 is 1.27 bits per heavy atom. The fraction of sp³-hybridized carbons (Fsp3) is 0.176. The minimum absolute atomic E-state index is 0.286. The molecule has 1 aliphatic heterocycles. The monoisotopic (exact) mass is 397 g/mol. The molecule has 26 heavy (non-hydrogen) atoms. The number of benzene rings is 1. The number of hydrogen-bond donors (Lipinski definition) is 3. The fourth-order valence-electron chi connectivity index (χ4n) is 2.71. The maximum Gasteiger partial charge on any atom is 0.418 e. The van der Waals surface area contributed by atoms with Gasteiger partial charge >= 0.3 is 6.18 Å². The van der Waals surface area contributed by atoms with Gasteiger partial charge in [0.1, 0.15) is 0 Å². The number of thiophene rings is 1. The summed E-state index contributed by atoms with van der Waals surface area (Å²) in [6.07, 6.45) is -4.56. The molecule has 1 unspecified atom stereocenters. The van der Waals surface area contributed by atoms with E-state index in [1.807, 2.05) is 16.8 Å². The molecule has 4 nitrogen and oxygen atoms in total. The van der Waals surface area contributed by atoms with E-state index in [0.717, 1.165) is 11.6 Å². The number of halogens is 3. The molecule has 2 aromatic rings. The molecule has 0 spiro atoms. The number of amides is 1. The predicted octanol–water partition coefficient (Wildman–Crippen LogP) is 4.20. The lowest BCUT2D eigenvalue weighted by molar-refractivity contribution is -0.137. The third-order valence-electron chi connectivity index (χ3n) is 3.87. The van der Waals surface area contributed by atoms with E-state index in [-0.39, 0.29) is 11.3 Å². The number of nitrogens with one attached hydrogen (secondary N) is 3. The minimum Gasteiger partial charge on any atom is -0.351 e. The Kier molecular flexibility index (Phi) is 5.01. The van der Waals surface area contributed by atoms with Gasteiger partial charge in [0.05, 0.1) is 22.9 Å². The summed E-state index contributed by atoms with van der Waals surface area (Å²) in [5, 5.41) is 12.3. The van der Waals surface area contributed by atoms with E-state index in [4.69, 9.17) is 12.2 Å². The summed E-state index contributed by atoms with van der Waals surface area (Å²) >= 11 is 6.59. The third-order valence-corrected chi connectivity index (χ3v) is 4.79. The zero-order valence-corrected chi connectivity index (χ0v) is 15.1. The highest BCUT2D eigenvalue weighted by molar-refractivity contribution is 7.80. The molecule has 1 amide bonds. The van der Waals surface area contributed by atoms with E-state index >= 15 is 0 Å². The molecule has 1 atom stereocenters. The van der Waals surface area contributed by atoms with Gasteiger partial charge in [0.25, 0.3) is 5.91 Å². The van der Waals surface area contributed by atoms with Crippen molar-refractivity contribution in [2.24, 2.45) is 0 Å². The van der Waals surface area contributed by atoms with Crippen LogP contribution in [0.2, 0.25) is 0 Å². The highest BCUT2D eigenvalue weighted by Crippen LogP contribution is 2.35. The molecule has 1 aromatic carbocycles. The van der Waals surface area contributed by atoms with Crippen molar-refractivity contribution >= 4 is 40.3 Å². The average molecular weight is 397 g/mol. The Morgan fingerprint density at radius 2 is 2.00 bits per heavy atom. The summed E-state index contributed by atoms with van der Waals surface area (Å²) in [4.78, 5) is 12.8. The number of anilines is 1. The molecular weight excluding hydrogens is 383 g/mol. The smallest absolute Gasteiger partial charge is 0.351 e. The highest BCUT2D eigenvalue weighted by atomic mass is 32.1. The highest BCUT2D eigenvalue weighted by Gasteiger charge is 2.35. The molecule has 2 heterocycles. The van der Waals surface area contributed by atoms with Crippen LogP contribution in [0.3, 0.4) is 0 Å². The number of thiocarbonyl (C=S) groups is 1. The minimum atomic E-state index is -4.56. The van der Waals surface area contributed by atoms with Gasteiger partial charge in [0, 0.05) is 5.70 Å². The number of carbonyl (C=O) groups is 1. The van der Waals surface area contributed by atoms with Crippen LogP contribution in [0, 0.1) is 0 Å². The molecule has 0 aliphatic carbocycles. The van der Waals surface area contributed by atoms with Crippen molar-refractivity contribution < 1.29 is 18.0 Å². The second-order valence-corrected chi connectivity index (χ2v) is 6.81. The van der Waals surface area contributed by atoms with Gasteiger partial charge in [-0.2, -0.15) is 24.5 Å². The van der Waals surface area contributed by atoms with Crippen LogP contribution in [0.4, 0.5) is 18.9 Å². The average Bonchev–Trinajstić information content (AvgIpc) is 3.07. The number of hydrogen-bond acceptors (Lipinski definition) is 3. The van der Waals surface area contributed by atoms with Crippen molar-refractivity contribution in [2.75, 3.05) is 5.32 Å². The van der Waals surface area contributed by atoms with Crippen LogP contribution < -0.4 is 16.0 Å². The molecule has 3 N–H and O–H groups in total. The van der Waals surface area contributed by atoms with E-state index in [0.29, 0.717) is 10.8 Å². The van der Waals surface area contributed by atoms with Crippen molar-refractivity contribution in [3.05, 3.63) is 63.5 Å². The Morgan fingerprint density at radius 3 is 2.65 bits per heavy atom. The molecule has 9 heteroatoms. The van der Waals surface area contributed by atoms with Crippen LogP contribution in [-0.2, 0) is 11.0 Å². The molecule has 0 bridgehead atoms. The largest absolute Gasteiger partial charge is 0.418 e. The number of rotatable bonds is 3. The quantitative estimate of drug-likeness (QED) is 0.680. The zero-order chi connectivity index (χ0) is 18.9. The first-order valence-corrected chi connectivity index (χ1v) is 8.90. The van der Waals surface area contributed by atoms with Crippen molar-refractivity contribution in [1.82, 2.24) is 10.6 Å². The summed E-state index contributed by atoms with van der Waals surface area (Å²) in [7, 11) is 0. The van der Waals surface area contributed by atoms with Gasteiger partial charge in [-0.05, 0) is 53.7 Å². The van der Waals surface area contributed by atoms with Crippen LogP contribution in [0.15, 0.2) is 52.4 Å². The van der Waals surface area contributed by atoms with Crippen LogP contribution >= 0.6 is 23.6 Å². The zero-order valence-electron chi connectivity index (χ0n) is 13.5. The first kappa shape index (κ1) is 18.4. The Labute approximate surface area is 157 Å². The van der Waals surface area contributed by atoms with Gasteiger partial charge in [0.2, 0.25) is 0 Å². The van der Waals surface area contributed by atoms with Crippen molar-refractivity contribution in [2.45, 2.75) is 19.1 Å². The summed E-state index contributed by atoms with van der Waals surface area (Å²) in [6, 6.07) is 6.17. The summed E-state index contributed by atoms with van der Waals surface area (Å²) in [5.74, 6) is -0.627. The molecule has 0 radical (unpaired) electrons. The maximum atomic E-state index is 13.2. The number of carbonyl (C=O) groups excluding carboxylic acids is 1. The summed E-state index contributed by atoms with van der Waals surface area (Å²) < 4.78 is 39.5. The first-order valence-electron chi connectivity index (χ1n) is 7.55. The van der Waals surface area contributed by atoms with Gasteiger partial charge in [-0.25, -0.2) is 0 Å². The van der Waals surface area contributed by atoms with Crippen LogP contribution in [-0.4, -0.2) is 11.0 Å². The van der Waals surface area contributed by atoms with Crippen molar-refractivity contribution in [3.8, 4) is 0 Å². The lowest BCUT2D eigenvalue weighted by Gasteiger charge is -2.30. The van der Waals surface area contributed by atoms with Crippen molar-refractivity contribution in [3.63, 3.8) is 0 Å². The fourth-order valence-corrected chi connectivity index (χ4v) is 3.67. The maximum absolute atomic E-state index is 13.2. The Hall–Kier alpha value is -2.39. The molecule has 1 aliphatic rings. The summed E-state index contributed by atoms with van der Waals surface area (Å²) in [5.41, 5.74) is 0.404. The molecule has 0 saturated carbocycles. The lowest BCUT2D eigenvalue weighted by atomic mass is 9.97. The Balaban J connectivity index is 1.96. The van der Waals surface area contributed by atoms with Gasteiger partial charge in [-0.3, -0.25) is 4.79 Å². The van der Waals surface area contributed by atoms with Crippen LogP contribution in [0.1, 0.15) is 24.1 Å². The molecule has 0 fully saturated rings. The molecule has 0 saturated heterocycles. The van der Waals surface area contributed by atoms with Crippen molar-refractivity contribution in [1.29, 1.82) is 0 Å². The second kappa shape index (κ2) is 7.08. The molecular formula is C17H14F3N3OS2. The predicted molar refractivity (Wildman–Crippen MR) is 98.7 cm³/mol. The second-order valence-electron chi connectivity index (χ2n) is 5.62. The van der Waals surface area contributed by atoms with Gasteiger partial charge in [-0.1, -0.05) is 12.1 Å². The van der Waals surface area contributed by atoms with Crippen LogP contribution in [0.5, 0.6) is 0 Å². The van der Waals surface area contributed by atoms with Crippen LogP contribution in [0.25, 0.3) is 0 Å². The van der Waals surface area contributed by atoms with E-state index in [1.54, 1.807) is 6.92 Å². The van der Waals surface area contributed by atoms with E-state index in [9.17, 15) is 18.0 Å². The number of allylic oxidation sites excluding steroid dienone is 1. The Bertz CT molecular complexity index is 876. The molecule has 1 aromatic heterocycles. The molecule has 136 valence electrons. The number of alkyl halides is 3. The lowest BCUT2D eigenvalue weighted by Crippen LogP contribution is -2.45. The van der Waals surface area contributed by atoms with Gasteiger partial charge < -0.3 is 16.0 Å². The number of para-hydroxylation sites is 1. The normalized spacial score (nSPS) is 17.5. The summed E-state index contributed by atoms with van der Waals surface area (Å²) in [6.45, 7) is 1.66. The van der Waals surface area contributed by atoms with E-state index in [1.165, 1.54) is 29.5 Å². The van der Waals surface area contributed by atoms with E-state index < -0.39 is 23.7 Å². The third kappa shape index (κ3) is 3.73. The first-order chi connectivity index (χ1) is 12.3. The topological polar surface area (TPSA) is 53.2 Å². The van der Waals surface area contributed by atoms with E-state index in [2.05, 4.69) is 16.0 Å². The standard InChI is InChI=1S/C17H14F3N3OS2/c1-9-13(14(23-16(25)21-9)10-6-7-26-8-10)15(24)22-12-5-3-2-4-11(12)17(18,19)20/h2-8,14H,1H3,(H,22,24)(H2,21,23,25). The molecule has 3 rings (SSSR count). The van der Waals surface area contributed by atoms with Gasteiger partial charge in [0.15, 0.2) is 5.11 Å². The SMILES string of the molecule is CC1=C(C(=O)Nc2ccccc2C(F)(F)F)C(c2ccsc2)NC(=S)N1. The van der Waals surface area contributed by atoms with Gasteiger partial charge in [-0.15, -0.1) is 0 Å².